The van der Waals surface area contributed by atoms with Gasteiger partial charge < -0.3 is 10.7 Å². The number of hydrazine groups is 1. The largest absolute Gasteiger partial charge is 0.364 e. The summed E-state index contributed by atoms with van der Waals surface area (Å²) < 4.78 is 0. The van der Waals surface area contributed by atoms with Crippen molar-refractivity contribution in [1.82, 2.24) is 15.4 Å². The van der Waals surface area contributed by atoms with Gasteiger partial charge in [-0.15, -0.1) is 0 Å². The fraction of sp³-hybridized carbons (Fsp3) is 0.0500. The van der Waals surface area contributed by atoms with E-state index >= 15 is 0 Å². The molecule has 2 aromatic heterocycles. The van der Waals surface area contributed by atoms with Crippen molar-refractivity contribution >= 4 is 39.3 Å². The van der Waals surface area contributed by atoms with Crippen molar-refractivity contribution in [2.24, 2.45) is 5.73 Å². The third-order valence-electron chi connectivity index (χ3n) is 4.42. The molecule has 0 aliphatic heterocycles. The Hall–Kier alpha value is -3.87. The molecule has 7 nitrogen and oxygen atoms in total. The highest BCUT2D eigenvalue weighted by atomic mass is 16.2. The van der Waals surface area contributed by atoms with E-state index in [1.54, 1.807) is 6.07 Å². The van der Waals surface area contributed by atoms with Crippen molar-refractivity contribution in [3.8, 4) is 0 Å². The van der Waals surface area contributed by atoms with Gasteiger partial charge in [-0.2, -0.15) is 0 Å². The summed E-state index contributed by atoms with van der Waals surface area (Å²) in [6.07, 6.45) is 0. The summed E-state index contributed by atoms with van der Waals surface area (Å²) in [5.74, 6) is -1.17. The van der Waals surface area contributed by atoms with Crippen LogP contribution in [0.4, 0.5) is 5.69 Å². The predicted octanol–water partition coefficient (Wildman–Crippen LogP) is 2.88. The van der Waals surface area contributed by atoms with Crippen molar-refractivity contribution in [3.63, 3.8) is 0 Å². The summed E-state index contributed by atoms with van der Waals surface area (Å²) in [5.41, 5.74) is 14.2. The highest BCUT2D eigenvalue weighted by molar-refractivity contribution is 6.15. The highest BCUT2D eigenvalue weighted by Gasteiger charge is 2.19. The minimum Gasteiger partial charge on any atom is -0.364 e. The number of aryl methyl sites for hydroxylation is 1. The molecule has 0 spiro atoms. The summed E-state index contributed by atoms with van der Waals surface area (Å²) in [6.45, 7) is 1.93. The predicted molar refractivity (Wildman–Crippen MR) is 104 cm³/mol. The van der Waals surface area contributed by atoms with Gasteiger partial charge in [0.05, 0.1) is 11.2 Å². The number of benzene rings is 2. The number of amides is 2. The van der Waals surface area contributed by atoms with Crippen LogP contribution in [0, 0.1) is 6.92 Å². The molecule has 5 N–H and O–H groups in total. The first-order valence-electron chi connectivity index (χ1n) is 8.38. The molecule has 0 unspecified atom stereocenters. The zero-order chi connectivity index (χ0) is 19.0. The number of carbonyl (C=O) groups is 2. The number of primary amides is 1. The lowest BCUT2D eigenvalue weighted by atomic mass is 10.1. The molecular weight excluding hydrogens is 342 g/mol. The van der Waals surface area contributed by atoms with Gasteiger partial charge in [0.25, 0.3) is 11.8 Å². The van der Waals surface area contributed by atoms with Gasteiger partial charge in [0.15, 0.2) is 5.69 Å². The third kappa shape index (κ3) is 2.95. The van der Waals surface area contributed by atoms with Crippen molar-refractivity contribution < 1.29 is 9.59 Å². The van der Waals surface area contributed by atoms with Crippen LogP contribution < -0.4 is 16.6 Å². The second kappa shape index (κ2) is 6.45. The van der Waals surface area contributed by atoms with Crippen molar-refractivity contribution in [2.75, 3.05) is 5.43 Å². The van der Waals surface area contributed by atoms with E-state index in [0.717, 1.165) is 27.5 Å². The topological polar surface area (TPSA) is 113 Å². The molecule has 134 valence electrons. The minimum absolute atomic E-state index is 0.0355. The van der Waals surface area contributed by atoms with E-state index < -0.39 is 11.8 Å². The molecule has 0 fully saturated rings. The van der Waals surface area contributed by atoms with Crippen LogP contribution in [-0.2, 0) is 0 Å². The Morgan fingerprint density at radius 1 is 1.04 bits per heavy atom. The second-order valence-electron chi connectivity index (χ2n) is 6.21. The second-order valence-corrected chi connectivity index (χ2v) is 6.21. The number of anilines is 1. The molecule has 0 saturated heterocycles. The molecule has 0 saturated carbocycles. The number of fused-ring (bicyclic) bond motifs is 3. The number of nitrogens with two attached hydrogens (primary N) is 1. The van der Waals surface area contributed by atoms with Crippen LogP contribution in [0.15, 0.2) is 54.6 Å². The normalized spacial score (nSPS) is 10.9. The SMILES string of the molecule is Cc1ccccc1NNC(=O)c1nc(C(N)=O)cc2c1[nH]c1ccccc12. The van der Waals surface area contributed by atoms with Crippen molar-refractivity contribution in [1.29, 1.82) is 0 Å². The molecule has 2 amide bonds. The summed E-state index contributed by atoms with van der Waals surface area (Å²) in [5, 5.41) is 1.61. The van der Waals surface area contributed by atoms with Crippen molar-refractivity contribution in [3.05, 3.63) is 71.5 Å². The molecule has 7 heteroatoms. The van der Waals surface area contributed by atoms with E-state index in [1.165, 1.54) is 0 Å². The standard InChI is InChI=1S/C20H17N5O2/c1-11-6-2-4-8-14(11)24-25-20(27)18-17-13(10-16(23-18)19(21)26)12-7-3-5-9-15(12)22-17/h2-10,22,24H,1H3,(H2,21,26)(H,25,27). The zero-order valence-corrected chi connectivity index (χ0v) is 14.5. The number of nitrogens with one attached hydrogen (secondary N) is 3. The lowest BCUT2D eigenvalue weighted by Gasteiger charge is -2.11. The Bertz CT molecular complexity index is 1200. The Labute approximate surface area is 154 Å². The molecule has 2 heterocycles. The number of H-pyrrole nitrogens is 1. The van der Waals surface area contributed by atoms with Gasteiger partial charge >= 0.3 is 0 Å². The van der Waals surface area contributed by atoms with Gasteiger partial charge in [-0.1, -0.05) is 36.4 Å². The van der Waals surface area contributed by atoms with Gasteiger partial charge in [0.1, 0.15) is 5.69 Å². The molecule has 0 atom stereocenters. The van der Waals surface area contributed by atoms with E-state index in [1.807, 2.05) is 55.5 Å². The van der Waals surface area contributed by atoms with Gasteiger partial charge in [0, 0.05) is 16.3 Å². The maximum absolute atomic E-state index is 12.8. The maximum atomic E-state index is 12.8. The average molecular weight is 359 g/mol. The Balaban J connectivity index is 1.78. The number of nitrogens with zero attached hydrogens (tertiary/aromatic N) is 1. The van der Waals surface area contributed by atoms with Crippen LogP contribution in [0.1, 0.15) is 26.5 Å². The first-order chi connectivity index (χ1) is 13.0. The summed E-state index contributed by atoms with van der Waals surface area (Å²) in [7, 11) is 0. The molecule has 4 rings (SSSR count). The summed E-state index contributed by atoms with van der Waals surface area (Å²) >= 11 is 0. The smallest absolute Gasteiger partial charge is 0.290 e. The van der Waals surface area contributed by atoms with E-state index in [4.69, 9.17) is 5.73 Å². The summed E-state index contributed by atoms with van der Waals surface area (Å²) in [6, 6.07) is 16.7. The van der Waals surface area contributed by atoms with Crippen LogP contribution >= 0.6 is 0 Å². The average Bonchev–Trinajstić information content (AvgIpc) is 3.05. The molecule has 2 aromatic carbocycles. The van der Waals surface area contributed by atoms with E-state index in [2.05, 4.69) is 20.8 Å². The molecule has 27 heavy (non-hydrogen) atoms. The number of hydrogen-bond acceptors (Lipinski definition) is 4. The fourth-order valence-corrected chi connectivity index (χ4v) is 3.03. The lowest BCUT2D eigenvalue weighted by molar-refractivity contribution is 0.0959. The lowest BCUT2D eigenvalue weighted by Crippen LogP contribution is -2.31. The Kier molecular flexibility index (Phi) is 3.97. The quantitative estimate of drug-likeness (QED) is 0.420. The number of aromatic nitrogens is 2. The zero-order valence-electron chi connectivity index (χ0n) is 14.5. The number of para-hydroxylation sites is 2. The number of hydrogen-bond donors (Lipinski definition) is 4. The first kappa shape index (κ1) is 16.6. The number of carbonyl (C=O) groups excluding carboxylic acids is 2. The van der Waals surface area contributed by atoms with Crippen LogP contribution in [0.25, 0.3) is 21.8 Å². The Morgan fingerprint density at radius 3 is 2.56 bits per heavy atom. The summed E-state index contributed by atoms with van der Waals surface area (Å²) in [4.78, 5) is 31.9. The van der Waals surface area contributed by atoms with Gasteiger partial charge in [0.2, 0.25) is 0 Å². The minimum atomic E-state index is -0.692. The molecule has 0 aliphatic rings. The van der Waals surface area contributed by atoms with Gasteiger partial charge in [-0.05, 0) is 30.7 Å². The van der Waals surface area contributed by atoms with Crippen LogP contribution in [-0.4, -0.2) is 21.8 Å². The van der Waals surface area contributed by atoms with Crippen molar-refractivity contribution in [2.45, 2.75) is 6.92 Å². The Morgan fingerprint density at radius 2 is 1.78 bits per heavy atom. The molecule has 0 radical (unpaired) electrons. The first-order valence-corrected chi connectivity index (χ1v) is 8.38. The van der Waals surface area contributed by atoms with E-state index in [0.29, 0.717) is 5.52 Å². The van der Waals surface area contributed by atoms with Crippen LogP contribution in [0.3, 0.4) is 0 Å². The van der Waals surface area contributed by atoms with Crippen LogP contribution in [0.2, 0.25) is 0 Å². The number of pyridine rings is 1. The van der Waals surface area contributed by atoms with E-state index in [-0.39, 0.29) is 11.4 Å². The van der Waals surface area contributed by atoms with Crippen LogP contribution in [0.5, 0.6) is 0 Å². The monoisotopic (exact) mass is 359 g/mol. The van der Waals surface area contributed by atoms with Gasteiger partial charge in [-0.25, -0.2) is 4.98 Å². The molecular formula is C20H17N5O2. The third-order valence-corrected chi connectivity index (χ3v) is 4.42. The molecule has 0 bridgehead atoms. The van der Waals surface area contributed by atoms with Gasteiger partial charge in [-0.3, -0.25) is 20.4 Å². The molecule has 4 aromatic rings. The van der Waals surface area contributed by atoms with E-state index in [9.17, 15) is 9.59 Å². The molecule has 0 aliphatic carbocycles. The highest BCUT2D eigenvalue weighted by Crippen LogP contribution is 2.27. The number of aromatic amines is 1. The number of rotatable bonds is 4. The maximum Gasteiger partial charge on any atom is 0.290 e. The fourth-order valence-electron chi connectivity index (χ4n) is 3.03.